The van der Waals surface area contributed by atoms with Gasteiger partial charge in [0.15, 0.2) is 5.06 Å². The average Bonchev–Trinajstić information content (AvgIpc) is 2.34. The third-order valence-electron chi connectivity index (χ3n) is 2.04. The monoisotopic (exact) mass is 184 g/mol. The smallest absolute Gasteiger partial charge is 0.197 e. The number of nitrogens with zero attached hydrogens (tertiary/aromatic N) is 1. The van der Waals surface area contributed by atoms with Crippen LogP contribution >= 0.6 is 11.3 Å². The molecule has 2 rings (SSSR count). The number of rotatable bonds is 2. The molecule has 3 nitrogen and oxygen atoms in total. The Morgan fingerprint density at radius 3 is 2.83 bits per heavy atom. The van der Waals surface area contributed by atoms with Gasteiger partial charge in [0.1, 0.15) is 5.60 Å². The largest absolute Gasteiger partial charge is 0.473 e. The van der Waals surface area contributed by atoms with E-state index in [9.17, 15) is 0 Å². The fourth-order valence-corrected chi connectivity index (χ4v) is 1.94. The van der Waals surface area contributed by atoms with E-state index in [0.717, 1.165) is 23.8 Å². The summed E-state index contributed by atoms with van der Waals surface area (Å²) in [6, 6.07) is 0. The Morgan fingerprint density at radius 2 is 2.42 bits per heavy atom. The molecule has 0 saturated carbocycles. The van der Waals surface area contributed by atoms with Gasteiger partial charge in [0, 0.05) is 13.1 Å². The van der Waals surface area contributed by atoms with E-state index in [0.29, 0.717) is 0 Å². The SMILES string of the molecule is Cc1ncsc1OC1(C)CNC1. The van der Waals surface area contributed by atoms with Gasteiger partial charge in [-0.1, -0.05) is 11.3 Å². The minimum atomic E-state index is -0.00269. The van der Waals surface area contributed by atoms with E-state index in [1.807, 2.05) is 12.4 Å². The molecule has 4 heteroatoms. The molecule has 0 aromatic carbocycles. The quantitative estimate of drug-likeness (QED) is 0.749. The van der Waals surface area contributed by atoms with Gasteiger partial charge in [-0.25, -0.2) is 4.98 Å². The van der Waals surface area contributed by atoms with Gasteiger partial charge in [0.25, 0.3) is 0 Å². The van der Waals surface area contributed by atoms with Gasteiger partial charge in [-0.3, -0.25) is 0 Å². The maximum absolute atomic E-state index is 5.80. The standard InChI is InChI=1S/C8H12N2OS/c1-6-7(12-5-10-6)11-8(2)3-9-4-8/h5,9H,3-4H2,1-2H3. The van der Waals surface area contributed by atoms with Crippen molar-refractivity contribution in [2.75, 3.05) is 13.1 Å². The van der Waals surface area contributed by atoms with Gasteiger partial charge in [0.05, 0.1) is 11.2 Å². The number of aromatic nitrogens is 1. The van der Waals surface area contributed by atoms with Crippen LogP contribution in [0.5, 0.6) is 5.06 Å². The molecule has 0 bridgehead atoms. The summed E-state index contributed by atoms with van der Waals surface area (Å²) in [5, 5.41) is 4.15. The summed E-state index contributed by atoms with van der Waals surface area (Å²) in [5.74, 6) is 0. The van der Waals surface area contributed by atoms with Crippen molar-refractivity contribution in [2.45, 2.75) is 19.4 Å². The van der Waals surface area contributed by atoms with Gasteiger partial charge >= 0.3 is 0 Å². The normalized spacial score (nSPS) is 20.2. The third kappa shape index (κ3) is 1.32. The summed E-state index contributed by atoms with van der Waals surface area (Å²) < 4.78 is 5.80. The molecule has 2 heterocycles. The van der Waals surface area contributed by atoms with Crippen LogP contribution in [0.3, 0.4) is 0 Å². The van der Waals surface area contributed by atoms with Crippen molar-refractivity contribution >= 4 is 11.3 Å². The van der Waals surface area contributed by atoms with Crippen molar-refractivity contribution in [2.24, 2.45) is 0 Å². The highest BCUT2D eigenvalue weighted by Crippen LogP contribution is 2.28. The van der Waals surface area contributed by atoms with Crippen LogP contribution in [0.2, 0.25) is 0 Å². The molecule has 0 aliphatic carbocycles. The molecule has 0 unspecified atom stereocenters. The van der Waals surface area contributed by atoms with Crippen LogP contribution in [0, 0.1) is 6.92 Å². The molecule has 1 aliphatic rings. The summed E-state index contributed by atoms with van der Waals surface area (Å²) in [6.07, 6.45) is 0. The van der Waals surface area contributed by atoms with Crippen LogP contribution in [0.15, 0.2) is 5.51 Å². The molecule has 66 valence electrons. The fourth-order valence-electron chi connectivity index (χ4n) is 1.16. The predicted octanol–water partition coefficient (Wildman–Crippen LogP) is 1.19. The first-order valence-electron chi connectivity index (χ1n) is 3.99. The highest BCUT2D eigenvalue weighted by molar-refractivity contribution is 7.11. The Morgan fingerprint density at radius 1 is 1.67 bits per heavy atom. The van der Waals surface area contributed by atoms with Crippen LogP contribution < -0.4 is 10.1 Å². The second kappa shape index (κ2) is 2.71. The number of thiazole rings is 1. The average molecular weight is 184 g/mol. The zero-order chi connectivity index (χ0) is 8.60. The van der Waals surface area contributed by atoms with Crippen molar-refractivity contribution < 1.29 is 4.74 Å². The van der Waals surface area contributed by atoms with Gasteiger partial charge < -0.3 is 10.1 Å². The van der Waals surface area contributed by atoms with Crippen molar-refractivity contribution in [3.63, 3.8) is 0 Å². The first-order chi connectivity index (χ1) is 5.70. The lowest BCUT2D eigenvalue weighted by Gasteiger charge is -2.38. The van der Waals surface area contributed by atoms with Crippen LogP contribution in [-0.4, -0.2) is 23.7 Å². The molecule has 0 radical (unpaired) electrons. The van der Waals surface area contributed by atoms with Crippen molar-refractivity contribution in [1.29, 1.82) is 0 Å². The Labute approximate surface area is 75.8 Å². The second-order valence-corrected chi connectivity index (χ2v) is 4.20. The number of hydrogen-bond acceptors (Lipinski definition) is 4. The van der Waals surface area contributed by atoms with Crippen LogP contribution in [0.4, 0.5) is 0 Å². The van der Waals surface area contributed by atoms with Crippen LogP contribution in [-0.2, 0) is 0 Å². The van der Waals surface area contributed by atoms with Gasteiger partial charge in [-0.2, -0.15) is 0 Å². The maximum Gasteiger partial charge on any atom is 0.197 e. The van der Waals surface area contributed by atoms with Gasteiger partial charge in [-0.15, -0.1) is 0 Å². The number of nitrogens with one attached hydrogen (secondary N) is 1. The summed E-state index contributed by atoms with van der Waals surface area (Å²) >= 11 is 1.56. The zero-order valence-electron chi connectivity index (χ0n) is 7.26. The van der Waals surface area contributed by atoms with E-state index in [1.165, 1.54) is 0 Å². The van der Waals surface area contributed by atoms with Crippen LogP contribution in [0.1, 0.15) is 12.6 Å². The van der Waals surface area contributed by atoms with E-state index in [4.69, 9.17) is 4.74 Å². The topological polar surface area (TPSA) is 34.1 Å². The minimum absolute atomic E-state index is 0.00269. The van der Waals surface area contributed by atoms with Gasteiger partial charge in [-0.05, 0) is 13.8 Å². The fraction of sp³-hybridized carbons (Fsp3) is 0.625. The lowest BCUT2D eigenvalue weighted by Crippen LogP contribution is -2.60. The first kappa shape index (κ1) is 8.01. The lowest BCUT2D eigenvalue weighted by atomic mass is 10.0. The van der Waals surface area contributed by atoms with E-state index < -0.39 is 0 Å². The van der Waals surface area contributed by atoms with Crippen molar-refractivity contribution in [3.05, 3.63) is 11.2 Å². The summed E-state index contributed by atoms with van der Waals surface area (Å²) in [7, 11) is 0. The molecule has 0 atom stereocenters. The van der Waals surface area contributed by atoms with E-state index in [-0.39, 0.29) is 5.60 Å². The van der Waals surface area contributed by atoms with Gasteiger partial charge in [0.2, 0.25) is 0 Å². The maximum atomic E-state index is 5.80. The summed E-state index contributed by atoms with van der Waals surface area (Å²) in [6.45, 7) is 5.96. The zero-order valence-corrected chi connectivity index (χ0v) is 8.07. The predicted molar refractivity (Wildman–Crippen MR) is 48.8 cm³/mol. The lowest BCUT2D eigenvalue weighted by molar-refractivity contribution is 0.0378. The Kier molecular flexibility index (Phi) is 1.81. The van der Waals surface area contributed by atoms with E-state index in [2.05, 4.69) is 17.2 Å². The summed E-state index contributed by atoms with van der Waals surface area (Å²) in [5.41, 5.74) is 2.81. The Balaban J connectivity index is 2.08. The molecular weight excluding hydrogens is 172 g/mol. The Bertz CT molecular complexity index is 280. The Hall–Kier alpha value is -0.610. The molecule has 12 heavy (non-hydrogen) atoms. The number of hydrogen-bond donors (Lipinski definition) is 1. The molecular formula is C8H12N2OS. The molecule has 0 spiro atoms. The molecule has 1 aromatic rings. The molecule has 1 N–H and O–H groups in total. The molecule has 1 aromatic heterocycles. The molecule has 0 amide bonds. The molecule has 1 aliphatic heterocycles. The number of aryl methyl sites for hydroxylation is 1. The summed E-state index contributed by atoms with van der Waals surface area (Å²) in [4.78, 5) is 4.13. The van der Waals surface area contributed by atoms with Crippen LogP contribution in [0.25, 0.3) is 0 Å². The highest BCUT2D eigenvalue weighted by Gasteiger charge is 2.34. The van der Waals surface area contributed by atoms with Crippen molar-refractivity contribution in [3.8, 4) is 5.06 Å². The second-order valence-electron chi connectivity index (χ2n) is 3.38. The molecule has 1 fully saturated rings. The van der Waals surface area contributed by atoms with Crippen molar-refractivity contribution in [1.82, 2.24) is 10.3 Å². The molecule has 1 saturated heterocycles. The van der Waals surface area contributed by atoms with E-state index >= 15 is 0 Å². The third-order valence-corrected chi connectivity index (χ3v) is 2.84. The minimum Gasteiger partial charge on any atom is -0.473 e. The van der Waals surface area contributed by atoms with E-state index in [1.54, 1.807) is 11.3 Å². The first-order valence-corrected chi connectivity index (χ1v) is 4.87. The number of ether oxygens (including phenoxy) is 1. The highest BCUT2D eigenvalue weighted by atomic mass is 32.1.